The summed E-state index contributed by atoms with van der Waals surface area (Å²) in [5.74, 6) is 1.15. The third kappa shape index (κ3) is 5.57. The zero-order valence-corrected chi connectivity index (χ0v) is 23.7. The summed E-state index contributed by atoms with van der Waals surface area (Å²) in [6.45, 7) is 7.85. The number of aromatic nitrogens is 4. The molecular weight excluding hydrogens is 516 g/mol. The van der Waals surface area contributed by atoms with Crippen LogP contribution in [0.4, 0.5) is 16.3 Å². The molecule has 0 saturated carbocycles. The van der Waals surface area contributed by atoms with Crippen molar-refractivity contribution in [3.63, 3.8) is 0 Å². The van der Waals surface area contributed by atoms with Gasteiger partial charge in [-0.2, -0.15) is 0 Å². The number of nitrogens with zero attached hydrogens (tertiary/aromatic N) is 5. The van der Waals surface area contributed by atoms with E-state index in [1.54, 1.807) is 72.4 Å². The van der Waals surface area contributed by atoms with E-state index >= 15 is 0 Å². The van der Waals surface area contributed by atoms with Crippen molar-refractivity contribution in [3.05, 3.63) is 58.8 Å². The Bertz CT molecular complexity index is 1600. The molecule has 2 aromatic carbocycles. The molecule has 12 nitrogen and oxygen atoms in total. The Hall–Kier alpha value is -4.58. The molecule has 0 atom stereocenters. The second kappa shape index (κ2) is 11.3. The number of nitrogen functional groups attached to an aromatic ring is 1. The molecule has 1 amide bonds. The molecule has 0 saturated heterocycles. The molecule has 0 bridgehead atoms. The van der Waals surface area contributed by atoms with Gasteiger partial charge in [-0.3, -0.25) is 9.47 Å². The van der Waals surface area contributed by atoms with Crippen LogP contribution in [0.15, 0.2) is 47.5 Å². The van der Waals surface area contributed by atoms with Gasteiger partial charge in [0.05, 0.1) is 30.8 Å². The first-order chi connectivity index (χ1) is 19.0. The number of ether oxygens (including phenoxy) is 4. The van der Waals surface area contributed by atoms with E-state index in [-0.39, 0.29) is 18.1 Å². The highest BCUT2D eigenvalue weighted by Crippen LogP contribution is 2.33. The van der Waals surface area contributed by atoms with E-state index < -0.39 is 17.4 Å². The van der Waals surface area contributed by atoms with Gasteiger partial charge in [-0.25, -0.2) is 24.1 Å². The SMILES string of the molecule is COCCOc1ccc(-n2c(=O)n(-c3ccc(C)c(OC)c3)c3c(N)ncnc32)cc1N(C)C(=O)OC(C)(C)C. The van der Waals surface area contributed by atoms with Crippen molar-refractivity contribution in [2.45, 2.75) is 33.3 Å². The zero-order chi connectivity index (χ0) is 29.2. The number of carbonyl (C=O) groups excluding carboxylic acids is 1. The Morgan fingerprint density at radius 1 is 1.00 bits per heavy atom. The maximum Gasteiger partial charge on any atom is 0.414 e. The molecule has 4 rings (SSSR count). The highest BCUT2D eigenvalue weighted by atomic mass is 16.6. The molecule has 40 heavy (non-hydrogen) atoms. The number of anilines is 2. The summed E-state index contributed by atoms with van der Waals surface area (Å²) in [6.07, 6.45) is 0.707. The topological polar surface area (TPSA) is 136 Å². The normalized spacial score (nSPS) is 11.5. The molecular formula is C28H34N6O6. The molecule has 2 aromatic heterocycles. The lowest BCUT2D eigenvalue weighted by Crippen LogP contribution is -2.34. The Labute approximate surface area is 231 Å². The number of rotatable bonds is 8. The molecule has 4 aromatic rings. The minimum Gasteiger partial charge on any atom is -0.496 e. The molecule has 2 N–H and O–H groups in total. The first-order valence-corrected chi connectivity index (χ1v) is 12.6. The molecule has 0 radical (unpaired) electrons. The number of amides is 1. The van der Waals surface area contributed by atoms with Crippen molar-refractivity contribution in [1.82, 2.24) is 19.1 Å². The number of carbonyl (C=O) groups is 1. The van der Waals surface area contributed by atoms with E-state index in [0.717, 1.165) is 5.56 Å². The van der Waals surface area contributed by atoms with Crippen molar-refractivity contribution < 1.29 is 23.7 Å². The lowest BCUT2D eigenvalue weighted by molar-refractivity contribution is 0.0588. The van der Waals surface area contributed by atoms with Gasteiger partial charge >= 0.3 is 11.8 Å². The molecule has 0 spiro atoms. The van der Waals surface area contributed by atoms with Crippen LogP contribution in [0.3, 0.4) is 0 Å². The number of methoxy groups -OCH3 is 2. The molecule has 0 fully saturated rings. The average Bonchev–Trinajstić information content (AvgIpc) is 3.21. The maximum atomic E-state index is 14.0. The van der Waals surface area contributed by atoms with Gasteiger partial charge in [-0.05, 0) is 57.5 Å². The van der Waals surface area contributed by atoms with E-state index in [1.807, 2.05) is 13.0 Å². The number of imidazole rings is 1. The number of benzene rings is 2. The van der Waals surface area contributed by atoms with Gasteiger partial charge in [0, 0.05) is 20.2 Å². The van der Waals surface area contributed by atoms with Crippen LogP contribution < -0.4 is 25.8 Å². The van der Waals surface area contributed by atoms with Gasteiger partial charge in [-0.15, -0.1) is 0 Å². The first kappa shape index (κ1) is 28.4. The fraction of sp³-hybridized carbons (Fsp3) is 0.357. The van der Waals surface area contributed by atoms with Crippen LogP contribution in [0.5, 0.6) is 11.5 Å². The van der Waals surface area contributed by atoms with Crippen LogP contribution in [-0.2, 0) is 9.47 Å². The summed E-state index contributed by atoms with van der Waals surface area (Å²) < 4.78 is 24.9. The minimum absolute atomic E-state index is 0.131. The number of nitrogens with two attached hydrogens (primary N) is 1. The first-order valence-electron chi connectivity index (χ1n) is 12.6. The predicted molar refractivity (Wildman–Crippen MR) is 152 cm³/mol. The summed E-state index contributed by atoms with van der Waals surface area (Å²) in [4.78, 5) is 36.9. The fourth-order valence-electron chi connectivity index (χ4n) is 4.16. The Morgan fingerprint density at radius 3 is 2.38 bits per heavy atom. The summed E-state index contributed by atoms with van der Waals surface area (Å²) in [7, 11) is 4.70. The molecule has 0 aliphatic heterocycles. The summed E-state index contributed by atoms with van der Waals surface area (Å²) in [6, 6.07) is 10.4. The lowest BCUT2D eigenvalue weighted by atomic mass is 10.2. The van der Waals surface area contributed by atoms with Crippen molar-refractivity contribution in [2.24, 2.45) is 0 Å². The predicted octanol–water partition coefficient (Wildman–Crippen LogP) is 3.87. The molecule has 0 aliphatic carbocycles. The number of hydrogen-bond donors (Lipinski definition) is 1. The Balaban J connectivity index is 1.93. The average molecular weight is 551 g/mol. The number of fused-ring (bicyclic) bond motifs is 1. The van der Waals surface area contributed by atoms with Crippen molar-refractivity contribution in [2.75, 3.05) is 45.1 Å². The third-order valence-electron chi connectivity index (χ3n) is 6.07. The van der Waals surface area contributed by atoms with Crippen LogP contribution >= 0.6 is 0 Å². The maximum absolute atomic E-state index is 14.0. The second-order valence-corrected chi connectivity index (χ2v) is 10.1. The Morgan fingerprint density at radius 2 is 1.70 bits per heavy atom. The lowest BCUT2D eigenvalue weighted by Gasteiger charge is -2.26. The standard InChI is InChI=1S/C28H34N6O6/c1-17-8-9-19(15-22(17)38-7)33-23-24(29)30-16-31-25(23)34(26(33)35)18-10-11-21(39-13-12-37-6)20(14-18)32(5)27(36)40-28(2,3)4/h8-11,14-16H,12-13H2,1-7H3,(H2,29,30,31). The van der Waals surface area contributed by atoms with Gasteiger partial charge in [0.1, 0.15) is 35.6 Å². The van der Waals surface area contributed by atoms with Gasteiger partial charge < -0.3 is 24.7 Å². The Kier molecular flexibility index (Phi) is 8.01. The van der Waals surface area contributed by atoms with E-state index in [4.69, 9.17) is 24.7 Å². The van der Waals surface area contributed by atoms with Crippen LogP contribution in [0, 0.1) is 6.92 Å². The number of aryl methyl sites for hydroxylation is 1. The second-order valence-electron chi connectivity index (χ2n) is 10.1. The van der Waals surface area contributed by atoms with Gasteiger partial charge in [0.15, 0.2) is 11.5 Å². The summed E-state index contributed by atoms with van der Waals surface area (Å²) in [5, 5.41) is 0. The molecule has 12 heteroatoms. The van der Waals surface area contributed by atoms with Gasteiger partial charge in [-0.1, -0.05) is 6.07 Å². The van der Waals surface area contributed by atoms with E-state index in [1.165, 1.54) is 20.4 Å². The summed E-state index contributed by atoms with van der Waals surface area (Å²) in [5.41, 5.74) is 7.99. The molecule has 2 heterocycles. The number of hydrogen-bond acceptors (Lipinski definition) is 9. The van der Waals surface area contributed by atoms with Crippen molar-refractivity contribution >= 4 is 28.8 Å². The highest BCUT2D eigenvalue weighted by Gasteiger charge is 2.25. The van der Waals surface area contributed by atoms with Crippen LogP contribution in [0.2, 0.25) is 0 Å². The van der Waals surface area contributed by atoms with E-state index in [2.05, 4.69) is 9.97 Å². The van der Waals surface area contributed by atoms with Gasteiger partial charge in [0.2, 0.25) is 0 Å². The quantitative estimate of drug-likeness (QED) is 0.324. The van der Waals surface area contributed by atoms with Crippen molar-refractivity contribution in [3.8, 4) is 22.9 Å². The third-order valence-corrected chi connectivity index (χ3v) is 6.07. The molecule has 212 valence electrons. The van der Waals surface area contributed by atoms with Crippen LogP contribution in [0.1, 0.15) is 26.3 Å². The van der Waals surface area contributed by atoms with Crippen molar-refractivity contribution in [1.29, 1.82) is 0 Å². The smallest absolute Gasteiger partial charge is 0.414 e. The monoisotopic (exact) mass is 550 g/mol. The fourth-order valence-corrected chi connectivity index (χ4v) is 4.16. The highest BCUT2D eigenvalue weighted by molar-refractivity contribution is 5.90. The molecule has 0 aliphatic rings. The largest absolute Gasteiger partial charge is 0.496 e. The van der Waals surface area contributed by atoms with Gasteiger partial charge in [0.25, 0.3) is 0 Å². The zero-order valence-electron chi connectivity index (χ0n) is 23.7. The van der Waals surface area contributed by atoms with E-state index in [0.29, 0.717) is 40.7 Å². The van der Waals surface area contributed by atoms with Crippen LogP contribution in [-0.4, -0.2) is 65.3 Å². The van der Waals surface area contributed by atoms with Crippen LogP contribution in [0.25, 0.3) is 22.5 Å². The molecule has 0 unspecified atom stereocenters. The van der Waals surface area contributed by atoms with E-state index in [9.17, 15) is 9.59 Å². The minimum atomic E-state index is -0.714. The summed E-state index contributed by atoms with van der Waals surface area (Å²) >= 11 is 0.